The lowest BCUT2D eigenvalue weighted by Crippen LogP contribution is -2.37. The van der Waals surface area contributed by atoms with Crippen molar-refractivity contribution in [3.63, 3.8) is 0 Å². The standard InChI is InChI=1S/C19H19N5O/c25-19(15-5-2-1-3-6-15)16-7-11-23(12-8-16)17-13-20-14-18(22-17)24-10-4-9-21-24/h1-6,9-10,13-14,16H,7-8,11-12H2. The van der Waals surface area contributed by atoms with Gasteiger partial charge in [0.25, 0.3) is 0 Å². The monoisotopic (exact) mass is 333 g/mol. The van der Waals surface area contributed by atoms with Crippen LogP contribution in [-0.4, -0.2) is 38.6 Å². The number of rotatable bonds is 4. The number of nitrogens with zero attached hydrogens (tertiary/aromatic N) is 5. The summed E-state index contributed by atoms with van der Waals surface area (Å²) in [6.45, 7) is 1.61. The van der Waals surface area contributed by atoms with Gasteiger partial charge in [-0.3, -0.25) is 9.78 Å². The van der Waals surface area contributed by atoms with Crippen molar-refractivity contribution in [3.8, 4) is 5.82 Å². The smallest absolute Gasteiger partial charge is 0.173 e. The van der Waals surface area contributed by atoms with E-state index in [0.717, 1.165) is 37.3 Å². The van der Waals surface area contributed by atoms with E-state index in [4.69, 9.17) is 0 Å². The third-order valence-electron chi connectivity index (χ3n) is 4.60. The fourth-order valence-corrected chi connectivity index (χ4v) is 3.22. The van der Waals surface area contributed by atoms with Crippen molar-refractivity contribution in [2.75, 3.05) is 18.0 Å². The Hall–Kier alpha value is -3.02. The van der Waals surface area contributed by atoms with Crippen LogP contribution in [0.4, 0.5) is 5.82 Å². The predicted molar refractivity (Wildman–Crippen MR) is 94.9 cm³/mol. The zero-order valence-electron chi connectivity index (χ0n) is 13.8. The molecular formula is C19H19N5O. The van der Waals surface area contributed by atoms with Crippen LogP contribution in [0.5, 0.6) is 0 Å². The van der Waals surface area contributed by atoms with E-state index in [1.54, 1.807) is 23.3 Å². The van der Waals surface area contributed by atoms with Crippen LogP contribution < -0.4 is 4.90 Å². The van der Waals surface area contributed by atoms with Crippen LogP contribution in [0.3, 0.4) is 0 Å². The zero-order valence-corrected chi connectivity index (χ0v) is 13.8. The Balaban J connectivity index is 1.44. The Bertz CT molecular complexity index is 839. The summed E-state index contributed by atoms with van der Waals surface area (Å²) in [6, 6.07) is 11.4. The Labute approximate surface area is 146 Å². The number of benzene rings is 1. The summed E-state index contributed by atoms with van der Waals surface area (Å²) < 4.78 is 1.70. The van der Waals surface area contributed by atoms with Gasteiger partial charge in [0, 0.05) is 37.0 Å². The molecule has 0 spiro atoms. The molecule has 4 rings (SSSR count). The predicted octanol–water partition coefficient (Wildman–Crippen LogP) is 2.76. The molecule has 0 bridgehead atoms. The molecule has 25 heavy (non-hydrogen) atoms. The zero-order chi connectivity index (χ0) is 17.1. The van der Waals surface area contributed by atoms with Gasteiger partial charge in [-0.1, -0.05) is 30.3 Å². The minimum Gasteiger partial charge on any atom is -0.355 e. The highest BCUT2D eigenvalue weighted by Crippen LogP contribution is 2.24. The largest absolute Gasteiger partial charge is 0.355 e. The number of carbonyl (C=O) groups is 1. The van der Waals surface area contributed by atoms with Crippen molar-refractivity contribution >= 4 is 11.6 Å². The number of hydrogen-bond acceptors (Lipinski definition) is 5. The number of aromatic nitrogens is 4. The molecule has 1 saturated heterocycles. The Morgan fingerprint density at radius 3 is 2.48 bits per heavy atom. The molecule has 1 aliphatic heterocycles. The highest BCUT2D eigenvalue weighted by atomic mass is 16.1. The van der Waals surface area contributed by atoms with Gasteiger partial charge in [-0.15, -0.1) is 0 Å². The molecular weight excluding hydrogens is 314 g/mol. The molecule has 0 radical (unpaired) electrons. The van der Waals surface area contributed by atoms with E-state index in [1.807, 2.05) is 42.6 Å². The van der Waals surface area contributed by atoms with Gasteiger partial charge in [0.15, 0.2) is 11.6 Å². The third-order valence-corrected chi connectivity index (χ3v) is 4.60. The Morgan fingerprint density at radius 1 is 1.00 bits per heavy atom. The van der Waals surface area contributed by atoms with Gasteiger partial charge in [-0.2, -0.15) is 5.10 Å². The second kappa shape index (κ2) is 6.84. The van der Waals surface area contributed by atoms with Crippen molar-refractivity contribution in [1.82, 2.24) is 19.7 Å². The van der Waals surface area contributed by atoms with E-state index in [-0.39, 0.29) is 11.7 Å². The average Bonchev–Trinajstić information content (AvgIpc) is 3.23. The lowest BCUT2D eigenvalue weighted by atomic mass is 9.89. The topological polar surface area (TPSA) is 63.9 Å². The molecule has 0 atom stereocenters. The van der Waals surface area contributed by atoms with E-state index in [2.05, 4.69) is 20.0 Å². The summed E-state index contributed by atoms with van der Waals surface area (Å²) in [6.07, 6.45) is 8.70. The van der Waals surface area contributed by atoms with E-state index in [0.29, 0.717) is 5.82 Å². The number of anilines is 1. The maximum absolute atomic E-state index is 12.6. The second-order valence-electron chi connectivity index (χ2n) is 6.18. The molecule has 0 unspecified atom stereocenters. The van der Waals surface area contributed by atoms with Crippen LogP contribution in [0.25, 0.3) is 5.82 Å². The molecule has 1 aromatic carbocycles. The first kappa shape index (κ1) is 15.5. The maximum Gasteiger partial charge on any atom is 0.173 e. The van der Waals surface area contributed by atoms with Crippen LogP contribution in [0.1, 0.15) is 23.2 Å². The van der Waals surface area contributed by atoms with Crippen molar-refractivity contribution in [2.45, 2.75) is 12.8 Å². The number of ketones is 1. The van der Waals surface area contributed by atoms with E-state index >= 15 is 0 Å². The second-order valence-corrected chi connectivity index (χ2v) is 6.18. The number of piperidine rings is 1. The number of hydrogen-bond donors (Lipinski definition) is 0. The van der Waals surface area contributed by atoms with E-state index < -0.39 is 0 Å². The summed E-state index contributed by atoms with van der Waals surface area (Å²) in [5.41, 5.74) is 0.807. The maximum atomic E-state index is 12.6. The van der Waals surface area contributed by atoms with Crippen LogP contribution in [0, 0.1) is 5.92 Å². The molecule has 3 aromatic rings. The first-order valence-corrected chi connectivity index (χ1v) is 8.47. The summed E-state index contributed by atoms with van der Waals surface area (Å²) >= 11 is 0. The molecule has 3 heterocycles. The lowest BCUT2D eigenvalue weighted by Gasteiger charge is -2.32. The number of Topliss-reactive ketones (excluding diaryl/α,β-unsaturated/α-hetero) is 1. The Morgan fingerprint density at radius 2 is 1.76 bits per heavy atom. The van der Waals surface area contributed by atoms with Crippen LogP contribution in [0.2, 0.25) is 0 Å². The first-order valence-electron chi connectivity index (χ1n) is 8.47. The van der Waals surface area contributed by atoms with Gasteiger partial charge < -0.3 is 4.90 Å². The fraction of sp³-hybridized carbons (Fsp3) is 0.263. The van der Waals surface area contributed by atoms with Gasteiger partial charge in [0.05, 0.1) is 12.4 Å². The molecule has 0 amide bonds. The summed E-state index contributed by atoms with van der Waals surface area (Å²) in [5, 5.41) is 4.19. The van der Waals surface area contributed by atoms with Crippen molar-refractivity contribution < 1.29 is 4.79 Å². The summed E-state index contributed by atoms with van der Waals surface area (Å²) in [4.78, 5) is 23.7. The molecule has 1 fully saturated rings. The van der Waals surface area contributed by atoms with Crippen LogP contribution in [-0.2, 0) is 0 Å². The Kier molecular flexibility index (Phi) is 4.24. The van der Waals surface area contributed by atoms with Gasteiger partial charge >= 0.3 is 0 Å². The molecule has 1 aliphatic rings. The highest BCUT2D eigenvalue weighted by molar-refractivity contribution is 5.97. The summed E-state index contributed by atoms with van der Waals surface area (Å²) in [5.74, 6) is 1.86. The molecule has 6 heteroatoms. The molecule has 0 aliphatic carbocycles. The van der Waals surface area contributed by atoms with E-state index in [9.17, 15) is 4.79 Å². The first-order chi connectivity index (χ1) is 12.3. The van der Waals surface area contributed by atoms with Gasteiger partial charge in [0.1, 0.15) is 5.82 Å². The molecule has 2 aromatic heterocycles. The molecule has 6 nitrogen and oxygen atoms in total. The van der Waals surface area contributed by atoms with Gasteiger partial charge in [0.2, 0.25) is 0 Å². The SMILES string of the molecule is O=C(c1ccccc1)C1CCN(c2cncc(-n3cccn3)n2)CC1. The van der Waals surface area contributed by atoms with Crippen molar-refractivity contribution in [2.24, 2.45) is 5.92 Å². The van der Waals surface area contributed by atoms with Crippen molar-refractivity contribution in [1.29, 1.82) is 0 Å². The molecule has 0 N–H and O–H groups in total. The van der Waals surface area contributed by atoms with Gasteiger partial charge in [-0.25, -0.2) is 9.67 Å². The minimum absolute atomic E-state index is 0.0842. The quantitative estimate of drug-likeness (QED) is 0.687. The minimum atomic E-state index is 0.0842. The van der Waals surface area contributed by atoms with Gasteiger partial charge in [-0.05, 0) is 18.9 Å². The average molecular weight is 333 g/mol. The van der Waals surface area contributed by atoms with Crippen LogP contribution in [0.15, 0.2) is 61.2 Å². The normalized spacial score (nSPS) is 15.3. The number of carbonyl (C=O) groups excluding carboxylic acids is 1. The lowest BCUT2D eigenvalue weighted by molar-refractivity contribution is 0.0900. The van der Waals surface area contributed by atoms with E-state index in [1.165, 1.54) is 0 Å². The molecule has 126 valence electrons. The molecule has 0 saturated carbocycles. The third kappa shape index (κ3) is 3.28. The highest BCUT2D eigenvalue weighted by Gasteiger charge is 2.26. The summed E-state index contributed by atoms with van der Waals surface area (Å²) in [7, 11) is 0. The van der Waals surface area contributed by atoms with Crippen molar-refractivity contribution in [3.05, 3.63) is 66.7 Å². The fourth-order valence-electron chi connectivity index (χ4n) is 3.22. The van der Waals surface area contributed by atoms with Crippen LogP contribution >= 0.6 is 0 Å².